The van der Waals surface area contributed by atoms with Crippen molar-refractivity contribution in [3.8, 4) is 0 Å². The molecule has 0 bridgehead atoms. The standard InChI is InChI=1S/C12H9ClN2O3/c1-6(16)14-7-2-3-10-8(4-7)9(13)5-11(15-10)12(17)18/h2-5H,1H3,(H,14,16)(H,17,18). The number of rotatable bonds is 2. The average Bonchev–Trinajstić information content (AvgIpc) is 2.28. The Kier molecular flexibility index (Phi) is 3.16. The van der Waals surface area contributed by atoms with Gasteiger partial charge in [-0.3, -0.25) is 4.79 Å². The maximum Gasteiger partial charge on any atom is 0.354 e. The Morgan fingerprint density at radius 2 is 2.06 bits per heavy atom. The van der Waals surface area contributed by atoms with Crippen molar-refractivity contribution in [2.45, 2.75) is 6.92 Å². The summed E-state index contributed by atoms with van der Waals surface area (Å²) in [6, 6.07) is 6.18. The minimum Gasteiger partial charge on any atom is -0.477 e. The average molecular weight is 265 g/mol. The van der Waals surface area contributed by atoms with Gasteiger partial charge in [0.25, 0.3) is 0 Å². The number of carboxylic acids is 1. The lowest BCUT2D eigenvalue weighted by molar-refractivity contribution is -0.114. The zero-order chi connectivity index (χ0) is 13.3. The molecule has 1 amide bonds. The first-order valence-corrected chi connectivity index (χ1v) is 5.46. The van der Waals surface area contributed by atoms with Crippen LogP contribution >= 0.6 is 11.6 Å². The van der Waals surface area contributed by atoms with Crippen molar-refractivity contribution in [1.82, 2.24) is 4.98 Å². The number of nitrogens with one attached hydrogen (secondary N) is 1. The number of fused-ring (bicyclic) bond motifs is 1. The van der Waals surface area contributed by atoms with Crippen molar-refractivity contribution in [3.63, 3.8) is 0 Å². The van der Waals surface area contributed by atoms with Gasteiger partial charge in [0.05, 0.1) is 10.5 Å². The van der Waals surface area contributed by atoms with Gasteiger partial charge in [-0.25, -0.2) is 9.78 Å². The van der Waals surface area contributed by atoms with Crippen LogP contribution in [-0.4, -0.2) is 22.0 Å². The summed E-state index contributed by atoms with van der Waals surface area (Å²) in [5.74, 6) is -1.33. The molecule has 6 heteroatoms. The molecule has 0 saturated heterocycles. The van der Waals surface area contributed by atoms with Crippen LogP contribution < -0.4 is 5.32 Å². The number of nitrogens with zero attached hydrogens (tertiary/aromatic N) is 1. The summed E-state index contributed by atoms with van der Waals surface area (Å²) >= 11 is 6.00. The number of carboxylic acid groups (broad SMARTS) is 1. The first-order chi connectivity index (χ1) is 8.47. The number of halogens is 1. The molecular formula is C12H9ClN2O3. The lowest BCUT2D eigenvalue weighted by Crippen LogP contribution is -2.06. The molecular weight excluding hydrogens is 256 g/mol. The van der Waals surface area contributed by atoms with Gasteiger partial charge in [-0.15, -0.1) is 0 Å². The molecule has 1 aromatic carbocycles. The van der Waals surface area contributed by atoms with E-state index in [0.29, 0.717) is 16.6 Å². The molecule has 0 spiro atoms. The smallest absolute Gasteiger partial charge is 0.354 e. The van der Waals surface area contributed by atoms with Crippen LogP contribution in [0.3, 0.4) is 0 Å². The number of benzene rings is 1. The van der Waals surface area contributed by atoms with Crippen molar-refractivity contribution < 1.29 is 14.7 Å². The van der Waals surface area contributed by atoms with Crippen molar-refractivity contribution in [2.24, 2.45) is 0 Å². The molecule has 0 aliphatic rings. The molecule has 0 saturated carbocycles. The topological polar surface area (TPSA) is 79.3 Å². The monoisotopic (exact) mass is 264 g/mol. The fourth-order valence-corrected chi connectivity index (χ4v) is 1.83. The Hall–Kier alpha value is -2.14. The second-order valence-corrected chi connectivity index (χ2v) is 4.11. The van der Waals surface area contributed by atoms with Crippen molar-refractivity contribution >= 4 is 40.1 Å². The maximum absolute atomic E-state index is 10.9. The Bertz CT molecular complexity index is 655. The van der Waals surface area contributed by atoms with Gasteiger partial charge in [-0.2, -0.15) is 0 Å². The maximum atomic E-state index is 10.9. The fourth-order valence-electron chi connectivity index (χ4n) is 1.58. The second kappa shape index (κ2) is 4.62. The number of aromatic nitrogens is 1. The van der Waals surface area contributed by atoms with Crippen LogP contribution in [0.2, 0.25) is 5.02 Å². The van der Waals surface area contributed by atoms with Crippen LogP contribution in [0.1, 0.15) is 17.4 Å². The minimum atomic E-state index is -1.13. The Morgan fingerprint density at radius 1 is 1.33 bits per heavy atom. The molecule has 1 aromatic heterocycles. The van der Waals surface area contributed by atoms with Crippen molar-refractivity contribution in [2.75, 3.05) is 5.32 Å². The van der Waals surface area contributed by atoms with E-state index in [-0.39, 0.29) is 16.6 Å². The van der Waals surface area contributed by atoms with Gasteiger partial charge in [0.15, 0.2) is 0 Å². The molecule has 5 nitrogen and oxygen atoms in total. The molecule has 2 aromatic rings. The van der Waals surface area contributed by atoms with Crippen LogP contribution in [0, 0.1) is 0 Å². The van der Waals surface area contributed by atoms with E-state index in [9.17, 15) is 9.59 Å². The van der Waals surface area contributed by atoms with E-state index in [4.69, 9.17) is 16.7 Å². The van der Waals surface area contributed by atoms with Gasteiger partial charge in [-0.1, -0.05) is 11.6 Å². The number of aromatic carboxylic acids is 1. The number of hydrogen-bond acceptors (Lipinski definition) is 3. The first kappa shape index (κ1) is 12.3. The Balaban J connectivity index is 2.57. The predicted octanol–water partition coefficient (Wildman–Crippen LogP) is 2.54. The summed E-state index contributed by atoms with van der Waals surface area (Å²) < 4.78 is 0. The van der Waals surface area contributed by atoms with Gasteiger partial charge in [0.1, 0.15) is 5.69 Å². The van der Waals surface area contributed by atoms with Crippen LogP contribution in [0.25, 0.3) is 10.9 Å². The quantitative estimate of drug-likeness (QED) is 0.874. The third-order valence-corrected chi connectivity index (χ3v) is 2.61. The largest absolute Gasteiger partial charge is 0.477 e. The van der Waals surface area contributed by atoms with E-state index < -0.39 is 5.97 Å². The minimum absolute atomic E-state index is 0.111. The number of carbonyl (C=O) groups excluding carboxylic acids is 1. The highest BCUT2D eigenvalue weighted by Crippen LogP contribution is 2.26. The summed E-state index contributed by atoms with van der Waals surface area (Å²) in [6.07, 6.45) is 0. The van der Waals surface area contributed by atoms with E-state index in [1.807, 2.05) is 0 Å². The van der Waals surface area contributed by atoms with Gasteiger partial charge < -0.3 is 10.4 Å². The van der Waals surface area contributed by atoms with E-state index >= 15 is 0 Å². The molecule has 0 radical (unpaired) electrons. The highest BCUT2D eigenvalue weighted by molar-refractivity contribution is 6.35. The fraction of sp³-hybridized carbons (Fsp3) is 0.0833. The molecule has 0 atom stereocenters. The Morgan fingerprint density at radius 3 is 2.67 bits per heavy atom. The summed E-state index contributed by atoms with van der Waals surface area (Å²) in [5, 5.41) is 12.4. The molecule has 0 aliphatic heterocycles. The Labute approximate surface area is 107 Å². The molecule has 0 aliphatic carbocycles. The van der Waals surface area contributed by atoms with E-state index in [0.717, 1.165) is 0 Å². The zero-order valence-electron chi connectivity index (χ0n) is 9.40. The van der Waals surface area contributed by atoms with Crippen molar-refractivity contribution in [3.05, 3.63) is 35.0 Å². The first-order valence-electron chi connectivity index (χ1n) is 5.08. The molecule has 0 unspecified atom stereocenters. The third kappa shape index (κ3) is 2.41. The number of pyridine rings is 1. The van der Waals surface area contributed by atoms with Gasteiger partial charge in [0.2, 0.25) is 5.91 Å². The van der Waals surface area contributed by atoms with Gasteiger partial charge >= 0.3 is 5.97 Å². The van der Waals surface area contributed by atoms with Crippen LogP contribution in [0.4, 0.5) is 5.69 Å². The van der Waals surface area contributed by atoms with Gasteiger partial charge in [-0.05, 0) is 24.3 Å². The molecule has 2 N–H and O–H groups in total. The van der Waals surface area contributed by atoms with Crippen LogP contribution in [0.5, 0.6) is 0 Å². The summed E-state index contributed by atoms with van der Waals surface area (Å²) in [7, 11) is 0. The zero-order valence-corrected chi connectivity index (χ0v) is 10.2. The number of hydrogen-bond donors (Lipinski definition) is 2. The summed E-state index contributed by atoms with van der Waals surface area (Å²) in [5.41, 5.74) is 0.940. The van der Waals surface area contributed by atoms with Gasteiger partial charge in [0, 0.05) is 18.0 Å². The van der Waals surface area contributed by atoms with E-state index in [1.54, 1.807) is 18.2 Å². The highest BCUT2D eigenvalue weighted by Gasteiger charge is 2.10. The molecule has 2 rings (SSSR count). The number of amides is 1. The summed E-state index contributed by atoms with van der Waals surface area (Å²) in [6.45, 7) is 1.40. The van der Waals surface area contributed by atoms with E-state index in [1.165, 1.54) is 13.0 Å². The molecule has 1 heterocycles. The lowest BCUT2D eigenvalue weighted by atomic mass is 10.1. The second-order valence-electron chi connectivity index (χ2n) is 3.71. The van der Waals surface area contributed by atoms with Crippen LogP contribution in [0.15, 0.2) is 24.3 Å². The van der Waals surface area contributed by atoms with Crippen molar-refractivity contribution in [1.29, 1.82) is 0 Å². The predicted molar refractivity (Wildman–Crippen MR) is 68.0 cm³/mol. The SMILES string of the molecule is CC(=O)Nc1ccc2nc(C(=O)O)cc(Cl)c2c1. The summed E-state index contributed by atoms with van der Waals surface area (Å²) in [4.78, 5) is 25.7. The van der Waals surface area contributed by atoms with Crippen LogP contribution in [-0.2, 0) is 4.79 Å². The van der Waals surface area contributed by atoms with E-state index in [2.05, 4.69) is 10.3 Å². The number of anilines is 1. The third-order valence-electron chi connectivity index (χ3n) is 2.30. The lowest BCUT2D eigenvalue weighted by Gasteiger charge is -2.06. The molecule has 92 valence electrons. The molecule has 0 fully saturated rings. The number of carbonyl (C=O) groups is 2. The highest BCUT2D eigenvalue weighted by atomic mass is 35.5. The molecule has 18 heavy (non-hydrogen) atoms. The normalized spacial score (nSPS) is 10.3.